The molecule has 1 atom stereocenters. The van der Waals surface area contributed by atoms with Crippen LogP contribution in [-0.2, 0) is 18.2 Å². The maximum atomic E-state index is 5.90. The molecule has 1 aromatic heterocycles. The molecule has 0 fully saturated rings. The Balaban J connectivity index is 1.76. The molecule has 0 bridgehead atoms. The van der Waals surface area contributed by atoms with Crippen molar-refractivity contribution in [3.05, 3.63) is 35.2 Å². The zero-order chi connectivity index (χ0) is 16.2. The van der Waals surface area contributed by atoms with Crippen molar-refractivity contribution in [2.45, 2.75) is 25.8 Å². The van der Waals surface area contributed by atoms with Crippen LogP contribution in [0.25, 0.3) is 11.1 Å². The molecule has 1 spiro atoms. The minimum absolute atomic E-state index is 0.257. The van der Waals surface area contributed by atoms with Gasteiger partial charge < -0.3 is 15.2 Å². The second kappa shape index (κ2) is 4.75. The van der Waals surface area contributed by atoms with E-state index in [9.17, 15) is 0 Å². The number of hydrogen-bond donors (Lipinski definition) is 1. The molecule has 0 saturated carbocycles. The Hall–Kier alpha value is -2.50. The zero-order valence-corrected chi connectivity index (χ0v) is 13.6. The first-order valence-corrected chi connectivity index (χ1v) is 7.72. The van der Waals surface area contributed by atoms with E-state index in [-0.39, 0.29) is 11.6 Å². The molecule has 1 unspecified atom stereocenters. The molecule has 4 rings (SSSR count). The number of amidine groups is 1. The maximum absolute atomic E-state index is 5.90. The van der Waals surface area contributed by atoms with E-state index >= 15 is 0 Å². The van der Waals surface area contributed by atoms with Gasteiger partial charge in [0.25, 0.3) is 6.02 Å². The SMILES string of the molecule is Cc1nn(C)c(C)c1-c1ccc2c(c1)CC1(COC(N)=N1)CO2. The molecule has 2 aliphatic rings. The monoisotopic (exact) mass is 312 g/mol. The maximum Gasteiger partial charge on any atom is 0.282 e. The number of aryl methyl sites for hydroxylation is 2. The van der Waals surface area contributed by atoms with E-state index in [2.05, 4.69) is 29.1 Å². The molecule has 6 nitrogen and oxygen atoms in total. The second-order valence-electron chi connectivity index (χ2n) is 6.42. The van der Waals surface area contributed by atoms with Gasteiger partial charge in [0.1, 0.15) is 24.5 Å². The summed E-state index contributed by atoms with van der Waals surface area (Å²) in [5, 5.41) is 4.51. The third-order valence-electron chi connectivity index (χ3n) is 4.71. The molecule has 0 saturated heterocycles. The molecule has 1 aromatic carbocycles. The highest BCUT2D eigenvalue weighted by atomic mass is 16.5. The molecule has 2 aliphatic heterocycles. The van der Waals surface area contributed by atoms with Gasteiger partial charge in [0.15, 0.2) is 0 Å². The van der Waals surface area contributed by atoms with Gasteiger partial charge in [-0.3, -0.25) is 4.68 Å². The van der Waals surface area contributed by atoms with E-state index in [4.69, 9.17) is 15.2 Å². The fraction of sp³-hybridized carbons (Fsp3) is 0.412. The Morgan fingerprint density at radius 3 is 2.65 bits per heavy atom. The van der Waals surface area contributed by atoms with Crippen molar-refractivity contribution in [2.75, 3.05) is 13.2 Å². The third-order valence-corrected chi connectivity index (χ3v) is 4.71. The van der Waals surface area contributed by atoms with Crippen molar-refractivity contribution in [1.29, 1.82) is 0 Å². The van der Waals surface area contributed by atoms with Crippen LogP contribution < -0.4 is 10.5 Å². The number of rotatable bonds is 1. The number of nitrogens with zero attached hydrogens (tertiary/aromatic N) is 3. The highest BCUT2D eigenvalue weighted by Gasteiger charge is 2.41. The average molecular weight is 312 g/mol. The van der Waals surface area contributed by atoms with Crippen molar-refractivity contribution < 1.29 is 9.47 Å². The fourth-order valence-corrected chi connectivity index (χ4v) is 3.49. The predicted molar refractivity (Wildman–Crippen MR) is 87.6 cm³/mol. The van der Waals surface area contributed by atoms with Crippen molar-refractivity contribution in [3.63, 3.8) is 0 Å². The van der Waals surface area contributed by atoms with Gasteiger partial charge in [-0.25, -0.2) is 4.99 Å². The predicted octanol–water partition coefficient (Wildman–Crippen LogP) is 1.72. The van der Waals surface area contributed by atoms with Crippen LogP contribution in [0.4, 0.5) is 0 Å². The van der Waals surface area contributed by atoms with Crippen LogP contribution in [0, 0.1) is 13.8 Å². The van der Waals surface area contributed by atoms with Crippen LogP contribution in [0.5, 0.6) is 5.75 Å². The van der Waals surface area contributed by atoms with E-state index in [1.165, 1.54) is 5.56 Å². The van der Waals surface area contributed by atoms with Gasteiger partial charge in [0, 0.05) is 24.7 Å². The summed E-state index contributed by atoms with van der Waals surface area (Å²) in [6.07, 6.45) is 0.773. The minimum Gasteiger partial charge on any atom is -0.491 e. The number of benzene rings is 1. The van der Waals surface area contributed by atoms with Crippen LogP contribution in [0.1, 0.15) is 17.0 Å². The summed E-state index contributed by atoms with van der Waals surface area (Å²) in [6.45, 7) is 5.11. The first-order valence-electron chi connectivity index (χ1n) is 7.72. The standard InChI is InChI=1S/C17H20N4O2/c1-10-15(11(2)21(3)20-10)12-4-5-14-13(6-12)7-17(8-22-14)9-23-16(18)19-17/h4-6H,7-9H2,1-3H3,(H2,18,19). The van der Waals surface area contributed by atoms with Gasteiger partial charge in [-0.15, -0.1) is 0 Å². The Morgan fingerprint density at radius 2 is 2.00 bits per heavy atom. The molecule has 23 heavy (non-hydrogen) atoms. The van der Waals surface area contributed by atoms with Crippen molar-refractivity contribution in [3.8, 4) is 16.9 Å². The van der Waals surface area contributed by atoms with Crippen LogP contribution >= 0.6 is 0 Å². The summed E-state index contributed by atoms with van der Waals surface area (Å²) < 4.78 is 13.2. The lowest BCUT2D eigenvalue weighted by molar-refractivity contribution is 0.153. The average Bonchev–Trinajstić information content (AvgIpc) is 2.99. The van der Waals surface area contributed by atoms with Crippen LogP contribution in [0.3, 0.4) is 0 Å². The number of aromatic nitrogens is 2. The van der Waals surface area contributed by atoms with Gasteiger partial charge in [-0.05, 0) is 37.1 Å². The molecular formula is C17H20N4O2. The highest BCUT2D eigenvalue weighted by Crippen LogP contribution is 2.37. The quantitative estimate of drug-likeness (QED) is 0.870. The normalized spacial score (nSPS) is 22.5. The van der Waals surface area contributed by atoms with Crippen LogP contribution in [0.2, 0.25) is 0 Å². The smallest absolute Gasteiger partial charge is 0.282 e. The Bertz CT molecular complexity index is 824. The Morgan fingerprint density at radius 1 is 1.22 bits per heavy atom. The van der Waals surface area contributed by atoms with Gasteiger partial charge in [-0.2, -0.15) is 5.10 Å². The third kappa shape index (κ3) is 2.17. The lowest BCUT2D eigenvalue weighted by Crippen LogP contribution is -2.41. The molecular weight excluding hydrogens is 292 g/mol. The number of hydrogen-bond acceptors (Lipinski definition) is 5. The lowest BCUT2D eigenvalue weighted by atomic mass is 9.88. The Kier molecular flexibility index (Phi) is 2.91. The molecule has 6 heteroatoms. The van der Waals surface area contributed by atoms with Gasteiger partial charge in [0.05, 0.1) is 5.69 Å². The molecule has 0 amide bonds. The number of ether oxygens (including phenoxy) is 2. The first-order chi connectivity index (χ1) is 11.0. The molecule has 0 radical (unpaired) electrons. The first kappa shape index (κ1) is 14.1. The van der Waals surface area contributed by atoms with Crippen LogP contribution in [0.15, 0.2) is 23.2 Å². The number of nitrogens with two attached hydrogens (primary N) is 1. The van der Waals surface area contributed by atoms with Gasteiger partial charge >= 0.3 is 0 Å². The van der Waals surface area contributed by atoms with Crippen molar-refractivity contribution in [1.82, 2.24) is 9.78 Å². The molecule has 3 heterocycles. The second-order valence-corrected chi connectivity index (χ2v) is 6.42. The van der Waals surface area contributed by atoms with E-state index in [0.717, 1.165) is 34.7 Å². The lowest BCUT2D eigenvalue weighted by Gasteiger charge is -2.30. The van der Waals surface area contributed by atoms with E-state index < -0.39 is 0 Å². The van der Waals surface area contributed by atoms with Crippen LogP contribution in [-0.4, -0.2) is 34.6 Å². The molecule has 0 aliphatic carbocycles. The largest absolute Gasteiger partial charge is 0.491 e. The van der Waals surface area contributed by atoms with E-state index in [1.54, 1.807) is 0 Å². The fourth-order valence-electron chi connectivity index (χ4n) is 3.49. The van der Waals surface area contributed by atoms with Crippen molar-refractivity contribution >= 4 is 6.02 Å². The molecule has 120 valence electrons. The molecule has 2 aromatic rings. The van der Waals surface area contributed by atoms with E-state index in [1.807, 2.05) is 24.7 Å². The summed E-state index contributed by atoms with van der Waals surface area (Å²) >= 11 is 0. The number of aliphatic imine (C=N–C) groups is 1. The van der Waals surface area contributed by atoms with E-state index in [0.29, 0.717) is 13.2 Å². The minimum atomic E-state index is -0.380. The zero-order valence-electron chi connectivity index (χ0n) is 13.6. The molecule has 2 N–H and O–H groups in total. The van der Waals surface area contributed by atoms with Gasteiger partial charge in [0.2, 0.25) is 0 Å². The summed E-state index contributed by atoms with van der Waals surface area (Å²) in [5.41, 5.74) is 11.0. The Labute approximate surface area is 134 Å². The topological polar surface area (TPSA) is 74.7 Å². The summed E-state index contributed by atoms with van der Waals surface area (Å²) in [5.74, 6) is 0.916. The number of fused-ring (bicyclic) bond motifs is 1. The van der Waals surface area contributed by atoms with Gasteiger partial charge in [-0.1, -0.05) is 6.07 Å². The highest BCUT2D eigenvalue weighted by molar-refractivity contribution is 5.74. The van der Waals surface area contributed by atoms with Crippen molar-refractivity contribution in [2.24, 2.45) is 17.8 Å². The summed E-state index contributed by atoms with van der Waals surface area (Å²) in [6, 6.07) is 6.56. The summed E-state index contributed by atoms with van der Waals surface area (Å²) in [4.78, 5) is 4.45. The summed E-state index contributed by atoms with van der Waals surface area (Å²) in [7, 11) is 1.97.